The zero-order valence-electron chi connectivity index (χ0n) is 9.45. The van der Waals surface area contributed by atoms with Crippen molar-refractivity contribution in [1.82, 2.24) is 10.3 Å². The first kappa shape index (κ1) is 12.2. The molecule has 1 unspecified atom stereocenters. The Bertz CT molecular complexity index is 324. The largest absolute Gasteiger partial charge is 0.313 e. The molecule has 0 saturated heterocycles. The maximum Gasteiger partial charge on any atom is 0.0961 e. The van der Waals surface area contributed by atoms with Gasteiger partial charge in [-0.15, -0.1) is 11.8 Å². The van der Waals surface area contributed by atoms with Crippen LogP contribution in [0.3, 0.4) is 0 Å². The molecule has 88 valence electrons. The van der Waals surface area contributed by atoms with Crippen molar-refractivity contribution in [1.29, 1.82) is 0 Å². The maximum atomic E-state index is 5.80. The molecule has 16 heavy (non-hydrogen) atoms. The normalized spacial score (nSPS) is 17.4. The van der Waals surface area contributed by atoms with Gasteiger partial charge in [0.15, 0.2) is 0 Å². The number of thioether (sulfide) groups is 1. The summed E-state index contributed by atoms with van der Waals surface area (Å²) in [7, 11) is 0. The fourth-order valence-corrected chi connectivity index (χ4v) is 2.89. The lowest BCUT2D eigenvalue weighted by atomic mass is 10.2. The summed E-state index contributed by atoms with van der Waals surface area (Å²) in [5.41, 5.74) is 0. The highest BCUT2D eigenvalue weighted by molar-refractivity contribution is 7.99. The predicted molar refractivity (Wildman–Crippen MR) is 70.2 cm³/mol. The zero-order valence-corrected chi connectivity index (χ0v) is 11.0. The molecule has 1 aromatic heterocycles. The van der Waals surface area contributed by atoms with Crippen molar-refractivity contribution in [3.8, 4) is 0 Å². The number of hydrogen-bond donors (Lipinski definition) is 1. The Morgan fingerprint density at radius 2 is 2.38 bits per heavy atom. The molecule has 0 radical (unpaired) electrons. The van der Waals surface area contributed by atoms with E-state index in [2.05, 4.69) is 17.2 Å². The van der Waals surface area contributed by atoms with Crippen molar-refractivity contribution >= 4 is 23.4 Å². The third-order valence-corrected chi connectivity index (χ3v) is 4.06. The summed E-state index contributed by atoms with van der Waals surface area (Å²) in [6, 6.07) is 4.53. The molecule has 0 amide bonds. The van der Waals surface area contributed by atoms with E-state index >= 15 is 0 Å². The van der Waals surface area contributed by atoms with Crippen LogP contribution in [-0.4, -0.2) is 23.3 Å². The Hall–Kier alpha value is -0.250. The maximum absolute atomic E-state index is 5.80. The number of rotatable bonds is 6. The van der Waals surface area contributed by atoms with E-state index in [9.17, 15) is 0 Å². The van der Waals surface area contributed by atoms with Gasteiger partial charge in [0, 0.05) is 18.0 Å². The van der Waals surface area contributed by atoms with Crippen LogP contribution in [0.4, 0.5) is 0 Å². The molecule has 1 heterocycles. The average Bonchev–Trinajstić information content (AvgIpc) is 3.10. The summed E-state index contributed by atoms with van der Waals surface area (Å²) in [6.07, 6.45) is 4.47. The van der Waals surface area contributed by atoms with Crippen LogP contribution >= 0.6 is 23.4 Å². The van der Waals surface area contributed by atoms with Gasteiger partial charge < -0.3 is 5.32 Å². The van der Waals surface area contributed by atoms with Crippen molar-refractivity contribution in [3.05, 3.63) is 23.4 Å². The molecular formula is C12H17ClN2S. The molecule has 1 saturated carbocycles. The summed E-state index contributed by atoms with van der Waals surface area (Å²) >= 11 is 7.61. The van der Waals surface area contributed by atoms with E-state index in [4.69, 9.17) is 11.6 Å². The number of halogens is 1. The summed E-state index contributed by atoms with van der Waals surface area (Å²) in [4.78, 5) is 4.29. The second-order valence-corrected chi connectivity index (χ2v) is 5.60. The Morgan fingerprint density at radius 1 is 1.56 bits per heavy atom. The lowest BCUT2D eigenvalue weighted by Crippen LogP contribution is -2.33. The number of aromatic nitrogens is 1. The van der Waals surface area contributed by atoms with Crippen LogP contribution in [0.15, 0.2) is 23.4 Å². The van der Waals surface area contributed by atoms with E-state index < -0.39 is 0 Å². The molecule has 0 aliphatic heterocycles. The molecule has 4 heteroatoms. The van der Waals surface area contributed by atoms with Crippen molar-refractivity contribution in [2.24, 2.45) is 5.92 Å². The van der Waals surface area contributed by atoms with Crippen molar-refractivity contribution in [2.75, 3.05) is 12.3 Å². The summed E-state index contributed by atoms with van der Waals surface area (Å²) in [5.74, 6) is 1.99. The lowest BCUT2D eigenvalue weighted by Gasteiger charge is -2.16. The Kier molecular flexibility index (Phi) is 4.50. The molecule has 1 N–H and O–H groups in total. The highest BCUT2D eigenvalue weighted by atomic mass is 35.5. The molecule has 1 aliphatic rings. The highest BCUT2D eigenvalue weighted by Gasteiger charge is 2.30. The molecule has 0 spiro atoms. The van der Waals surface area contributed by atoms with Crippen molar-refractivity contribution in [3.63, 3.8) is 0 Å². The van der Waals surface area contributed by atoms with Gasteiger partial charge in [0.1, 0.15) is 0 Å². The first-order chi connectivity index (χ1) is 7.79. The van der Waals surface area contributed by atoms with Crippen LogP contribution < -0.4 is 5.32 Å². The standard InChI is InChI=1S/C12H17ClN2S/c1-2-14-11(9-3-4-9)8-16-12-6-5-10(13)7-15-12/h5-7,9,11,14H,2-4,8H2,1H3. The summed E-state index contributed by atoms with van der Waals surface area (Å²) < 4.78 is 0. The first-order valence-corrected chi connectivity index (χ1v) is 7.13. The Morgan fingerprint density at radius 3 is 2.94 bits per heavy atom. The average molecular weight is 257 g/mol. The van der Waals surface area contributed by atoms with E-state index in [-0.39, 0.29) is 0 Å². The van der Waals surface area contributed by atoms with Gasteiger partial charge in [0.05, 0.1) is 10.0 Å². The van der Waals surface area contributed by atoms with E-state index in [1.54, 1.807) is 6.20 Å². The third-order valence-electron chi connectivity index (χ3n) is 2.77. The van der Waals surface area contributed by atoms with E-state index in [1.165, 1.54) is 12.8 Å². The minimum Gasteiger partial charge on any atom is -0.313 e. The fraction of sp³-hybridized carbons (Fsp3) is 0.583. The first-order valence-electron chi connectivity index (χ1n) is 5.77. The van der Waals surface area contributed by atoms with E-state index in [0.717, 1.165) is 23.2 Å². The van der Waals surface area contributed by atoms with Gasteiger partial charge >= 0.3 is 0 Å². The van der Waals surface area contributed by atoms with Crippen molar-refractivity contribution < 1.29 is 0 Å². The SMILES string of the molecule is CCNC(CSc1ccc(Cl)cn1)C1CC1. The Labute approximate surface area is 106 Å². The van der Waals surface area contributed by atoms with Gasteiger partial charge in [-0.2, -0.15) is 0 Å². The highest BCUT2D eigenvalue weighted by Crippen LogP contribution is 2.34. The minimum absolute atomic E-state index is 0.646. The molecule has 0 aromatic carbocycles. The van der Waals surface area contributed by atoms with Crippen molar-refractivity contribution in [2.45, 2.75) is 30.8 Å². The smallest absolute Gasteiger partial charge is 0.0961 e. The third kappa shape index (κ3) is 3.65. The van der Waals surface area contributed by atoms with Gasteiger partial charge in [-0.05, 0) is 37.4 Å². The fourth-order valence-electron chi connectivity index (χ4n) is 1.75. The molecule has 1 aliphatic carbocycles. The van der Waals surface area contributed by atoms with E-state index in [0.29, 0.717) is 11.1 Å². The molecule has 1 fully saturated rings. The van der Waals surface area contributed by atoms with E-state index in [1.807, 2.05) is 23.9 Å². The van der Waals surface area contributed by atoms with Gasteiger partial charge in [-0.1, -0.05) is 18.5 Å². The van der Waals surface area contributed by atoms with Crippen LogP contribution in [0.25, 0.3) is 0 Å². The zero-order chi connectivity index (χ0) is 11.4. The molecule has 2 nitrogen and oxygen atoms in total. The second-order valence-electron chi connectivity index (χ2n) is 4.13. The topological polar surface area (TPSA) is 24.9 Å². The molecule has 0 bridgehead atoms. The second kappa shape index (κ2) is 5.89. The van der Waals surface area contributed by atoms with Crippen LogP contribution in [-0.2, 0) is 0 Å². The number of hydrogen-bond acceptors (Lipinski definition) is 3. The minimum atomic E-state index is 0.646. The van der Waals surface area contributed by atoms with Gasteiger partial charge in [-0.3, -0.25) is 0 Å². The Balaban J connectivity index is 1.82. The number of nitrogens with zero attached hydrogens (tertiary/aromatic N) is 1. The van der Waals surface area contributed by atoms with Crippen LogP contribution in [0.1, 0.15) is 19.8 Å². The quantitative estimate of drug-likeness (QED) is 0.792. The number of pyridine rings is 1. The molecule has 1 aromatic rings. The molecule has 1 atom stereocenters. The predicted octanol–water partition coefficient (Wildman–Crippen LogP) is 3.22. The van der Waals surface area contributed by atoms with Gasteiger partial charge in [-0.25, -0.2) is 4.98 Å². The summed E-state index contributed by atoms with van der Waals surface area (Å²) in [5, 5.41) is 5.32. The lowest BCUT2D eigenvalue weighted by molar-refractivity contribution is 0.519. The molecular weight excluding hydrogens is 240 g/mol. The van der Waals surface area contributed by atoms with Gasteiger partial charge in [0.25, 0.3) is 0 Å². The van der Waals surface area contributed by atoms with Gasteiger partial charge in [0.2, 0.25) is 0 Å². The van der Waals surface area contributed by atoms with Crippen LogP contribution in [0, 0.1) is 5.92 Å². The number of nitrogens with one attached hydrogen (secondary N) is 1. The van der Waals surface area contributed by atoms with Crippen LogP contribution in [0.5, 0.6) is 0 Å². The monoisotopic (exact) mass is 256 g/mol. The summed E-state index contributed by atoms with van der Waals surface area (Å²) in [6.45, 7) is 3.22. The molecule has 2 rings (SSSR count). The van der Waals surface area contributed by atoms with Crippen LogP contribution in [0.2, 0.25) is 5.02 Å².